The summed E-state index contributed by atoms with van der Waals surface area (Å²) >= 11 is 0. The van der Waals surface area contributed by atoms with Crippen LogP contribution >= 0.6 is 0 Å². The van der Waals surface area contributed by atoms with Gasteiger partial charge in [0.25, 0.3) is 11.5 Å². The van der Waals surface area contributed by atoms with Gasteiger partial charge in [0.2, 0.25) is 5.95 Å². The van der Waals surface area contributed by atoms with Gasteiger partial charge in [-0.25, -0.2) is 4.79 Å². The van der Waals surface area contributed by atoms with E-state index in [0.29, 0.717) is 30.3 Å². The van der Waals surface area contributed by atoms with Gasteiger partial charge in [0, 0.05) is 30.8 Å². The monoisotopic (exact) mass is 462 g/mol. The second-order valence-corrected chi connectivity index (χ2v) is 7.15. The summed E-state index contributed by atoms with van der Waals surface area (Å²) in [4.78, 5) is 52.6. The number of aromatic nitrogens is 2. The molecule has 1 aromatic carbocycles. The topological polar surface area (TPSA) is 247 Å². The lowest BCUT2D eigenvalue weighted by molar-refractivity contribution is -0.140. The van der Waals surface area contributed by atoms with Crippen LogP contribution in [0.15, 0.2) is 29.1 Å². The number of carbonyl (C=O) groups is 3. The molecule has 33 heavy (non-hydrogen) atoms. The summed E-state index contributed by atoms with van der Waals surface area (Å²) in [6.07, 6.45) is -0.587. The zero-order chi connectivity index (χ0) is 23.3. The molecule has 0 spiro atoms. The van der Waals surface area contributed by atoms with Gasteiger partial charge in [-0.05, 0) is 30.7 Å². The first-order valence-electron chi connectivity index (χ1n) is 9.72. The second kappa shape index (κ2) is 10.8. The standard InChI is InChI=1S/C19H23N7O6.H3N/c20-19-25-15-14(17(30)26-19)23-11(8-22-15)7-21-10-3-1-9(2-4-10)16(29)24-12(18(31)32)5-6-13(27)28;/h1-4,11-12,21,23H,5-8H2,(H,24,29)(H,27,28)(H,31,32)(H4,20,22,25,26,30);1H3. The van der Waals surface area contributed by atoms with Crippen molar-refractivity contribution in [3.8, 4) is 0 Å². The van der Waals surface area contributed by atoms with E-state index in [-0.39, 0.29) is 42.1 Å². The smallest absolute Gasteiger partial charge is 0.326 e. The molecule has 14 nitrogen and oxygen atoms in total. The number of H-pyrrole nitrogens is 1. The number of amides is 1. The fraction of sp³-hybridized carbons (Fsp3) is 0.316. The summed E-state index contributed by atoms with van der Waals surface area (Å²) in [5, 5.41) is 29.5. The Bertz CT molecular complexity index is 1070. The summed E-state index contributed by atoms with van der Waals surface area (Å²) in [6.45, 7) is 0.960. The molecule has 1 aliphatic heterocycles. The lowest BCUT2D eigenvalue weighted by atomic mass is 10.1. The maximum atomic E-state index is 12.3. The molecule has 2 aromatic rings. The van der Waals surface area contributed by atoms with Crippen molar-refractivity contribution in [2.75, 3.05) is 34.8 Å². The molecule has 178 valence electrons. The molecule has 1 aliphatic rings. The van der Waals surface area contributed by atoms with Crippen molar-refractivity contribution in [1.29, 1.82) is 0 Å². The Morgan fingerprint density at radius 1 is 1.21 bits per heavy atom. The van der Waals surface area contributed by atoms with Gasteiger partial charge in [0.15, 0.2) is 5.82 Å². The number of benzene rings is 1. The number of nitrogen functional groups attached to an aromatic ring is 1. The predicted molar refractivity (Wildman–Crippen MR) is 121 cm³/mol. The number of carboxylic acids is 2. The van der Waals surface area contributed by atoms with Gasteiger partial charge in [0.1, 0.15) is 11.7 Å². The van der Waals surface area contributed by atoms with Crippen molar-refractivity contribution in [1.82, 2.24) is 21.4 Å². The lowest BCUT2D eigenvalue weighted by Crippen LogP contribution is -2.41. The summed E-state index contributed by atoms with van der Waals surface area (Å²) in [7, 11) is 0. The third kappa shape index (κ3) is 6.57. The largest absolute Gasteiger partial charge is 0.481 e. The Morgan fingerprint density at radius 2 is 1.91 bits per heavy atom. The average Bonchev–Trinajstić information content (AvgIpc) is 2.75. The van der Waals surface area contributed by atoms with E-state index >= 15 is 0 Å². The van der Waals surface area contributed by atoms with E-state index in [1.807, 2.05) is 0 Å². The molecule has 12 N–H and O–H groups in total. The first-order chi connectivity index (χ1) is 15.2. The highest BCUT2D eigenvalue weighted by molar-refractivity contribution is 5.96. The third-order valence-corrected chi connectivity index (χ3v) is 4.75. The van der Waals surface area contributed by atoms with E-state index in [0.717, 1.165) is 0 Å². The first kappa shape index (κ1) is 24.9. The third-order valence-electron chi connectivity index (χ3n) is 4.75. The Kier molecular flexibility index (Phi) is 8.17. The minimum atomic E-state index is -1.30. The highest BCUT2D eigenvalue weighted by Gasteiger charge is 2.23. The molecule has 0 saturated heterocycles. The minimum absolute atomic E-state index is 0. The molecule has 2 heterocycles. The average molecular weight is 462 g/mol. The SMILES string of the molecule is N.Nc1nc2c(c(=O)[nH]1)NC(CNc1ccc(C(=O)NC(CCC(=O)O)C(=O)O)cc1)CN2. The number of hydrogen-bond donors (Lipinski definition) is 9. The Balaban J connectivity index is 0.00000385. The van der Waals surface area contributed by atoms with Crippen molar-refractivity contribution in [2.45, 2.75) is 24.9 Å². The Hall–Kier alpha value is -4.33. The van der Waals surface area contributed by atoms with Crippen molar-refractivity contribution in [3.05, 3.63) is 40.2 Å². The number of nitrogens with one attached hydrogen (secondary N) is 5. The van der Waals surface area contributed by atoms with Crippen LogP contribution < -0.4 is 38.7 Å². The highest BCUT2D eigenvalue weighted by atomic mass is 16.4. The predicted octanol–water partition coefficient (Wildman–Crippen LogP) is -0.120. The highest BCUT2D eigenvalue weighted by Crippen LogP contribution is 2.20. The maximum absolute atomic E-state index is 12.3. The van der Waals surface area contributed by atoms with Crippen molar-refractivity contribution >= 4 is 41.0 Å². The van der Waals surface area contributed by atoms with Crippen LogP contribution in [-0.2, 0) is 9.59 Å². The number of rotatable bonds is 9. The zero-order valence-corrected chi connectivity index (χ0v) is 17.6. The number of carboxylic acid groups (broad SMARTS) is 2. The van der Waals surface area contributed by atoms with Crippen LogP contribution in [-0.4, -0.2) is 63.2 Å². The molecule has 3 rings (SSSR count). The van der Waals surface area contributed by atoms with Gasteiger partial charge in [0.05, 0.1) is 6.04 Å². The van der Waals surface area contributed by atoms with E-state index in [1.54, 1.807) is 12.1 Å². The fourth-order valence-electron chi connectivity index (χ4n) is 3.10. The zero-order valence-electron chi connectivity index (χ0n) is 17.6. The fourth-order valence-corrected chi connectivity index (χ4v) is 3.10. The van der Waals surface area contributed by atoms with Gasteiger partial charge >= 0.3 is 11.9 Å². The second-order valence-electron chi connectivity index (χ2n) is 7.15. The molecular weight excluding hydrogens is 436 g/mol. The van der Waals surface area contributed by atoms with Crippen LogP contribution in [0.1, 0.15) is 23.2 Å². The van der Waals surface area contributed by atoms with Crippen LogP contribution in [0, 0.1) is 0 Å². The van der Waals surface area contributed by atoms with Crippen LogP contribution in [0.4, 0.5) is 23.1 Å². The molecule has 2 unspecified atom stereocenters. The quantitative estimate of drug-likeness (QED) is 0.237. The van der Waals surface area contributed by atoms with E-state index in [2.05, 4.69) is 31.2 Å². The van der Waals surface area contributed by atoms with Crippen LogP contribution in [0.2, 0.25) is 0 Å². The molecule has 0 saturated carbocycles. The molecule has 1 amide bonds. The minimum Gasteiger partial charge on any atom is -0.481 e. The molecule has 0 radical (unpaired) electrons. The number of anilines is 4. The molecule has 0 fully saturated rings. The first-order valence-corrected chi connectivity index (χ1v) is 9.72. The van der Waals surface area contributed by atoms with E-state index in [9.17, 15) is 19.2 Å². The van der Waals surface area contributed by atoms with Crippen molar-refractivity contribution in [2.24, 2.45) is 0 Å². The van der Waals surface area contributed by atoms with E-state index < -0.39 is 23.9 Å². The molecule has 1 aromatic heterocycles. The summed E-state index contributed by atoms with van der Waals surface area (Å²) in [5.41, 5.74) is 6.40. The number of nitrogens with two attached hydrogens (primary N) is 1. The molecule has 0 aliphatic carbocycles. The van der Waals surface area contributed by atoms with Gasteiger partial charge in [-0.1, -0.05) is 0 Å². The van der Waals surface area contributed by atoms with Gasteiger partial charge < -0.3 is 43.4 Å². The van der Waals surface area contributed by atoms with Gasteiger partial charge in [-0.15, -0.1) is 0 Å². The van der Waals surface area contributed by atoms with Crippen molar-refractivity contribution < 1.29 is 24.6 Å². The van der Waals surface area contributed by atoms with Gasteiger partial charge in [-0.3, -0.25) is 19.4 Å². The Labute approximate surface area is 187 Å². The van der Waals surface area contributed by atoms with E-state index in [1.165, 1.54) is 12.1 Å². The summed E-state index contributed by atoms with van der Waals surface area (Å²) < 4.78 is 0. The Morgan fingerprint density at radius 3 is 2.55 bits per heavy atom. The van der Waals surface area contributed by atoms with E-state index in [4.69, 9.17) is 15.9 Å². The van der Waals surface area contributed by atoms with Crippen LogP contribution in [0.3, 0.4) is 0 Å². The van der Waals surface area contributed by atoms with Crippen LogP contribution in [0.25, 0.3) is 0 Å². The summed E-state index contributed by atoms with van der Waals surface area (Å²) in [5.74, 6) is -2.64. The number of fused-ring (bicyclic) bond motifs is 1. The lowest BCUT2D eigenvalue weighted by Gasteiger charge is -2.27. The number of aromatic amines is 1. The molecule has 2 atom stereocenters. The molecule has 14 heteroatoms. The van der Waals surface area contributed by atoms with Crippen molar-refractivity contribution in [3.63, 3.8) is 0 Å². The molecule has 0 bridgehead atoms. The van der Waals surface area contributed by atoms with Gasteiger partial charge in [-0.2, -0.15) is 4.98 Å². The number of nitrogens with zero attached hydrogens (tertiary/aromatic N) is 1. The number of carbonyl (C=O) groups excluding carboxylic acids is 1. The number of aliphatic carboxylic acids is 2. The molecular formula is C19H26N8O6. The van der Waals surface area contributed by atoms with Crippen LogP contribution in [0.5, 0.6) is 0 Å². The summed E-state index contributed by atoms with van der Waals surface area (Å²) in [6, 6.07) is 4.93. The maximum Gasteiger partial charge on any atom is 0.326 e. The normalized spacial score (nSPS) is 15.0. The number of hydrogen-bond acceptors (Lipinski definition) is 10.